The predicted molar refractivity (Wildman–Crippen MR) is 67.8 cm³/mol. The first kappa shape index (κ1) is 12.1. The molecule has 0 spiro atoms. The first-order chi connectivity index (χ1) is 8.04. The quantitative estimate of drug-likeness (QED) is 0.598. The van der Waals surface area contributed by atoms with Crippen LogP contribution in [0.3, 0.4) is 0 Å². The van der Waals surface area contributed by atoms with Gasteiger partial charge in [0, 0.05) is 24.2 Å². The molecule has 0 saturated heterocycles. The fraction of sp³-hybridized carbons (Fsp3) is 0.385. The highest BCUT2D eigenvalue weighted by Crippen LogP contribution is 2.32. The van der Waals surface area contributed by atoms with Gasteiger partial charge in [-0.15, -0.1) is 11.6 Å². The summed E-state index contributed by atoms with van der Waals surface area (Å²) in [7, 11) is 0. The third-order valence-corrected chi connectivity index (χ3v) is 3.32. The molecule has 0 aliphatic carbocycles. The van der Waals surface area contributed by atoms with E-state index in [1.807, 2.05) is 19.1 Å². The number of benzene rings is 1. The van der Waals surface area contributed by atoms with Gasteiger partial charge < -0.3 is 4.90 Å². The van der Waals surface area contributed by atoms with Crippen LogP contribution in [0, 0.1) is 0 Å². The molecule has 1 aliphatic heterocycles. The summed E-state index contributed by atoms with van der Waals surface area (Å²) in [6.07, 6.45) is 0.790. The van der Waals surface area contributed by atoms with E-state index >= 15 is 0 Å². The monoisotopic (exact) mass is 251 g/mol. The van der Waals surface area contributed by atoms with Crippen molar-refractivity contribution in [2.24, 2.45) is 0 Å². The van der Waals surface area contributed by atoms with Crippen LogP contribution in [0.25, 0.3) is 0 Å². The number of amides is 1. The Balaban J connectivity index is 2.41. The standard InChI is InChI=1S/C13H14ClNO2/c1-8-5-11-6-10(13(17)7-14)3-4-12(11)15(8)9(2)16/h3-4,6,8H,5,7H2,1-2H3. The lowest BCUT2D eigenvalue weighted by Crippen LogP contribution is -2.33. The van der Waals surface area contributed by atoms with E-state index in [-0.39, 0.29) is 23.6 Å². The van der Waals surface area contributed by atoms with Crippen LogP contribution >= 0.6 is 11.6 Å². The molecular weight excluding hydrogens is 238 g/mol. The van der Waals surface area contributed by atoms with Gasteiger partial charge in [-0.25, -0.2) is 0 Å². The van der Waals surface area contributed by atoms with Gasteiger partial charge in [0.05, 0.1) is 5.88 Å². The van der Waals surface area contributed by atoms with Crippen molar-refractivity contribution in [1.29, 1.82) is 0 Å². The van der Waals surface area contributed by atoms with Gasteiger partial charge in [-0.1, -0.05) is 0 Å². The molecule has 2 rings (SSSR count). The second-order valence-electron chi connectivity index (χ2n) is 4.34. The van der Waals surface area contributed by atoms with Gasteiger partial charge in [-0.3, -0.25) is 9.59 Å². The Morgan fingerprint density at radius 1 is 1.47 bits per heavy atom. The van der Waals surface area contributed by atoms with E-state index < -0.39 is 0 Å². The molecule has 0 bridgehead atoms. The number of ketones is 1. The van der Waals surface area contributed by atoms with E-state index in [4.69, 9.17) is 11.6 Å². The fourth-order valence-electron chi connectivity index (χ4n) is 2.36. The Morgan fingerprint density at radius 2 is 2.18 bits per heavy atom. The lowest BCUT2D eigenvalue weighted by atomic mass is 10.0. The minimum Gasteiger partial charge on any atom is -0.309 e. The minimum absolute atomic E-state index is 0.00916. The number of anilines is 1. The molecule has 1 aromatic rings. The van der Waals surface area contributed by atoms with Crippen LogP contribution < -0.4 is 4.90 Å². The molecule has 4 heteroatoms. The van der Waals surface area contributed by atoms with Gasteiger partial charge >= 0.3 is 0 Å². The zero-order chi connectivity index (χ0) is 12.6. The highest BCUT2D eigenvalue weighted by atomic mass is 35.5. The van der Waals surface area contributed by atoms with Crippen LogP contribution in [0.15, 0.2) is 18.2 Å². The summed E-state index contributed by atoms with van der Waals surface area (Å²) in [6.45, 7) is 3.56. The number of nitrogens with zero attached hydrogens (tertiary/aromatic N) is 1. The number of rotatable bonds is 2. The largest absolute Gasteiger partial charge is 0.309 e. The van der Waals surface area contributed by atoms with E-state index in [1.54, 1.807) is 17.9 Å². The SMILES string of the molecule is CC(=O)N1c2ccc(C(=O)CCl)cc2CC1C. The van der Waals surface area contributed by atoms with Gasteiger partial charge in [-0.2, -0.15) is 0 Å². The number of halogens is 1. The van der Waals surface area contributed by atoms with Crippen molar-refractivity contribution in [1.82, 2.24) is 0 Å². The first-order valence-corrected chi connectivity index (χ1v) is 6.10. The molecule has 1 amide bonds. The van der Waals surface area contributed by atoms with Gasteiger partial charge in [0.2, 0.25) is 5.91 Å². The number of carbonyl (C=O) groups is 2. The maximum absolute atomic E-state index is 11.5. The maximum atomic E-state index is 11.5. The number of carbonyl (C=O) groups excluding carboxylic acids is 2. The van der Waals surface area contributed by atoms with Gasteiger partial charge in [0.1, 0.15) is 0 Å². The summed E-state index contributed by atoms with van der Waals surface area (Å²) in [5.41, 5.74) is 2.58. The molecule has 17 heavy (non-hydrogen) atoms. The molecule has 0 aromatic heterocycles. The molecule has 0 N–H and O–H groups in total. The Kier molecular flexibility index (Phi) is 3.20. The molecular formula is C13H14ClNO2. The van der Waals surface area contributed by atoms with E-state index in [9.17, 15) is 9.59 Å². The molecule has 1 aliphatic rings. The van der Waals surface area contributed by atoms with Crippen molar-refractivity contribution in [2.75, 3.05) is 10.8 Å². The second-order valence-corrected chi connectivity index (χ2v) is 4.61. The van der Waals surface area contributed by atoms with Crippen molar-refractivity contribution in [3.05, 3.63) is 29.3 Å². The van der Waals surface area contributed by atoms with E-state index in [0.29, 0.717) is 5.56 Å². The van der Waals surface area contributed by atoms with E-state index in [1.165, 1.54) is 0 Å². The molecule has 90 valence electrons. The van der Waals surface area contributed by atoms with Gasteiger partial charge in [-0.05, 0) is 37.1 Å². The summed E-state index contributed by atoms with van der Waals surface area (Å²) >= 11 is 5.53. The Hall–Kier alpha value is -1.35. The number of fused-ring (bicyclic) bond motifs is 1. The number of Topliss-reactive ketones (excluding diaryl/α,β-unsaturated/α-hetero) is 1. The highest BCUT2D eigenvalue weighted by molar-refractivity contribution is 6.30. The summed E-state index contributed by atoms with van der Waals surface area (Å²) in [5, 5.41) is 0. The molecule has 1 atom stereocenters. The molecule has 1 unspecified atom stereocenters. The second kappa shape index (κ2) is 4.49. The zero-order valence-electron chi connectivity index (χ0n) is 9.87. The molecule has 3 nitrogen and oxygen atoms in total. The smallest absolute Gasteiger partial charge is 0.224 e. The first-order valence-electron chi connectivity index (χ1n) is 5.56. The predicted octanol–water partition coefficient (Wildman–Crippen LogP) is 2.41. The molecule has 0 saturated carbocycles. The molecule has 1 heterocycles. The Bertz CT molecular complexity index is 484. The summed E-state index contributed by atoms with van der Waals surface area (Å²) in [4.78, 5) is 24.8. The Morgan fingerprint density at radius 3 is 2.76 bits per heavy atom. The molecule has 0 radical (unpaired) electrons. The lowest BCUT2D eigenvalue weighted by molar-refractivity contribution is -0.116. The fourth-order valence-corrected chi connectivity index (χ4v) is 2.52. The maximum Gasteiger partial charge on any atom is 0.224 e. The minimum atomic E-state index is -0.0802. The summed E-state index contributed by atoms with van der Waals surface area (Å²) in [6, 6.07) is 5.57. The van der Waals surface area contributed by atoms with Crippen molar-refractivity contribution in [3.63, 3.8) is 0 Å². The highest BCUT2D eigenvalue weighted by Gasteiger charge is 2.29. The third-order valence-electron chi connectivity index (χ3n) is 3.08. The number of hydrogen-bond acceptors (Lipinski definition) is 2. The van der Waals surface area contributed by atoms with Crippen molar-refractivity contribution < 1.29 is 9.59 Å². The van der Waals surface area contributed by atoms with Crippen molar-refractivity contribution >= 4 is 29.0 Å². The van der Waals surface area contributed by atoms with Crippen LogP contribution in [-0.4, -0.2) is 23.6 Å². The molecule has 1 aromatic carbocycles. The third kappa shape index (κ3) is 2.07. The normalized spacial score (nSPS) is 18.1. The van der Waals surface area contributed by atoms with Crippen molar-refractivity contribution in [2.45, 2.75) is 26.3 Å². The topological polar surface area (TPSA) is 37.4 Å². The van der Waals surface area contributed by atoms with Crippen LogP contribution in [0.5, 0.6) is 0 Å². The number of hydrogen-bond donors (Lipinski definition) is 0. The van der Waals surface area contributed by atoms with Crippen LogP contribution in [0.2, 0.25) is 0 Å². The van der Waals surface area contributed by atoms with Crippen LogP contribution in [-0.2, 0) is 11.2 Å². The average Bonchev–Trinajstić information content (AvgIpc) is 2.62. The van der Waals surface area contributed by atoms with E-state index in [2.05, 4.69) is 0 Å². The summed E-state index contributed by atoms with van der Waals surface area (Å²) < 4.78 is 0. The van der Waals surface area contributed by atoms with Crippen molar-refractivity contribution in [3.8, 4) is 0 Å². The van der Waals surface area contributed by atoms with Crippen LogP contribution in [0.4, 0.5) is 5.69 Å². The average molecular weight is 252 g/mol. The van der Waals surface area contributed by atoms with Crippen LogP contribution in [0.1, 0.15) is 29.8 Å². The van der Waals surface area contributed by atoms with Gasteiger partial charge in [0.15, 0.2) is 5.78 Å². The van der Waals surface area contributed by atoms with Gasteiger partial charge in [0.25, 0.3) is 0 Å². The zero-order valence-corrected chi connectivity index (χ0v) is 10.6. The lowest BCUT2D eigenvalue weighted by Gasteiger charge is -2.20. The molecule has 0 fully saturated rings. The van der Waals surface area contributed by atoms with E-state index in [0.717, 1.165) is 17.7 Å². The Labute approximate surface area is 105 Å². The number of alkyl halides is 1. The summed E-state index contributed by atoms with van der Waals surface area (Å²) in [5.74, 6) is -0.0545.